The number of nitrogens with two attached hydrogens (primary N) is 1. The predicted molar refractivity (Wildman–Crippen MR) is 125 cm³/mol. The number of halogens is 1. The molecule has 1 heterocycles. The minimum Gasteiger partial charge on any atom is -1.00 e. The van der Waals surface area contributed by atoms with Crippen LogP contribution in [0.25, 0.3) is 11.0 Å². The molecule has 5 nitrogen and oxygen atoms in total. The second-order valence-electron chi connectivity index (χ2n) is 8.80. The first kappa shape index (κ1) is 25.2. The minimum absolute atomic E-state index is 0. The Balaban J connectivity index is 0.00000341. The molecule has 0 radical (unpaired) electrons. The van der Waals surface area contributed by atoms with Crippen LogP contribution in [-0.4, -0.2) is 35.7 Å². The van der Waals surface area contributed by atoms with Crippen molar-refractivity contribution < 1.29 is 26.3 Å². The third kappa shape index (κ3) is 6.01. The van der Waals surface area contributed by atoms with Crippen LogP contribution in [0.1, 0.15) is 40.2 Å². The van der Waals surface area contributed by atoms with E-state index in [1.54, 1.807) is 0 Å². The highest BCUT2D eigenvalue weighted by Gasteiger charge is 2.21. The molecule has 0 atom stereocenters. The monoisotopic (exact) mass is 488 g/mol. The zero-order valence-electron chi connectivity index (χ0n) is 19.6. The smallest absolute Gasteiger partial charge is 0.356 e. The average molecular weight is 490 g/mol. The van der Waals surface area contributed by atoms with Crippen LogP contribution in [0.15, 0.2) is 48.5 Å². The lowest BCUT2D eigenvalue weighted by Gasteiger charge is -2.19. The molecule has 2 N–H and O–H groups in total. The molecule has 6 heteroatoms. The molecule has 0 unspecified atom stereocenters. The Morgan fingerprint density at radius 1 is 1.00 bits per heavy atom. The number of imidazole rings is 1. The van der Waals surface area contributed by atoms with Gasteiger partial charge in [-0.25, -0.2) is 9.13 Å². The van der Waals surface area contributed by atoms with Crippen LogP contribution in [0.2, 0.25) is 0 Å². The van der Waals surface area contributed by atoms with E-state index in [1.165, 1.54) is 11.1 Å². The Morgan fingerprint density at radius 2 is 1.65 bits per heavy atom. The van der Waals surface area contributed by atoms with Gasteiger partial charge in [0.2, 0.25) is 0 Å². The van der Waals surface area contributed by atoms with Crippen molar-refractivity contribution in [1.29, 1.82) is 0 Å². The van der Waals surface area contributed by atoms with Gasteiger partial charge in [-0.2, -0.15) is 0 Å². The van der Waals surface area contributed by atoms with Crippen LogP contribution in [0.5, 0.6) is 5.75 Å². The summed E-state index contributed by atoms with van der Waals surface area (Å²) in [4.78, 5) is 2.42. The Kier molecular flexibility index (Phi) is 8.95. The van der Waals surface area contributed by atoms with E-state index < -0.39 is 0 Å². The Hall–Kier alpha value is -2.05. The zero-order valence-corrected chi connectivity index (χ0v) is 21.2. The number of hydrogen-bond acceptors (Lipinski definition) is 3. The van der Waals surface area contributed by atoms with E-state index in [2.05, 4.69) is 97.2 Å². The van der Waals surface area contributed by atoms with Gasteiger partial charge in [0.1, 0.15) is 29.9 Å². The lowest BCUT2D eigenvalue weighted by Crippen LogP contribution is -3.00. The lowest BCUT2D eigenvalue weighted by molar-refractivity contribution is -0.657. The van der Waals surface area contributed by atoms with Gasteiger partial charge in [-0.1, -0.05) is 58.9 Å². The molecule has 3 aromatic rings. The summed E-state index contributed by atoms with van der Waals surface area (Å²) in [5.74, 6) is 1.68. The van der Waals surface area contributed by atoms with Gasteiger partial charge in [0.05, 0.1) is 6.54 Å². The van der Waals surface area contributed by atoms with E-state index in [1.807, 2.05) is 0 Å². The molecule has 170 valence electrons. The lowest BCUT2D eigenvalue weighted by atomic mass is 9.87. The fourth-order valence-corrected chi connectivity index (χ4v) is 3.87. The zero-order chi connectivity index (χ0) is 21.7. The molecule has 31 heavy (non-hydrogen) atoms. The van der Waals surface area contributed by atoms with Crippen LogP contribution in [-0.2, 0) is 18.5 Å². The van der Waals surface area contributed by atoms with Crippen LogP contribution >= 0.6 is 0 Å². The average Bonchev–Trinajstić information content (AvgIpc) is 3.00. The number of hydrogen-bond donors (Lipinski definition) is 1. The first-order valence-electron chi connectivity index (χ1n) is 11.1. The quantitative estimate of drug-likeness (QED) is 0.460. The fourth-order valence-electron chi connectivity index (χ4n) is 3.87. The Morgan fingerprint density at radius 3 is 2.26 bits per heavy atom. The number of ether oxygens (including phenoxy) is 1. The second-order valence-corrected chi connectivity index (χ2v) is 8.80. The SMILES string of the molecule is CCN(CC)CC[n+]1c(N)n(CCOc2ccc(C(C)(C)C)cc2)c2ccccc21.[Br-]. The molecule has 0 spiro atoms. The maximum absolute atomic E-state index is 6.58. The van der Waals surface area contributed by atoms with Gasteiger partial charge < -0.3 is 26.6 Å². The second kappa shape index (κ2) is 11.0. The van der Waals surface area contributed by atoms with Crippen LogP contribution in [0, 0.1) is 0 Å². The third-order valence-corrected chi connectivity index (χ3v) is 5.85. The maximum atomic E-state index is 6.58. The highest BCUT2D eigenvalue weighted by atomic mass is 79.9. The largest absolute Gasteiger partial charge is 1.00 e. The molecule has 0 aliphatic heterocycles. The number of nitrogen functional groups attached to an aromatic ring is 1. The Bertz CT molecular complexity index is 956. The van der Waals surface area contributed by atoms with Gasteiger partial charge in [-0.3, -0.25) is 5.73 Å². The van der Waals surface area contributed by atoms with E-state index >= 15 is 0 Å². The van der Waals surface area contributed by atoms with Crippen molar-refractivity contribution in [2.45, 2.75) is 53.1 Å². The highest BCUT2D eigenvalue weighted by molar-refractivity contribution is 5.73. The van der Waals surface area contributed by atoms with E-state index in [9.17, 15) is 0 Å². The van der Waals surface area contributed by atoms with Crippen molar-refractivity contribution in [3.63, 3.8) is 0 Å². The van der Waals surface area contributed by atoms with E-state index in [-0.39, 0.29) is 22.4 Å². The maximum Gasteiger partial charge on any atom is 0.356 e. The molecule has 0 aliphatic rings. The van der Waals surface area contributed by atoms with Crippen molar-refractivity contribution in [1.82, 2.24) is 9.47 Å². The van der Waals surface area contributed by atoms with Gasteiger partial charge in [0.25, 0.3) is 0 Å². The van der Waals surface area contributed by atoms with Crippen molar-refractivity contribution in [3.05, 3.63) is 54.1 Å². The van der Waals surface area contributed by atoms with E-state index in [4.69, 9.17) is 10.5 Å². The highest BCUT2D eigenvalue weighted by Crippen LogP contribution is 2.24. The predicted octanol–water partition coefficient (Wildman–Crippen LogP) is 1.23. The van der Waals surface area contributed by atoms with Gasteiger partial charge in [-0.15, -0.1) is 0 Å². The van der Waals surface area contributed by atoms with Gasteiger partial charge >= 0.3 is 5.95 Å². The van der Waals surface area contributed by atoms with Crippen molar-refractivity contribution in [2.24, 2.45) is 0 Å². The molecule has 1 aromatic heterocycles. The number of anilines is 1. The van der Waals surface area contributed by atoms with E-state index in [0.717, 1.165) is 43.4 Å². The molecule has 0 bridgehead atoms. The molecule has 0 saturated heterocycles. The van der Waals surface area contributed by atoms with Crippen LogP contribution in [0.3, 0.4) is 0 Å². The summed E-state index contributed by atoms with van der Waals surface area (Å²) in [6, 6.07) is 16.8. The molecule has 0 saturated carbocycles. The number of para-hydroxylation sites is 2. The summed E-state index contributed by atoms with van der Waals surface area (Å²) in [6.45, 7) is 16.3. The summed E-state index contributed by atoms with van der Waals surface area (Å²) in [7, 11) is 0. The summed E-state index contributed by atoms with van der Waals surface area (Å²) in [5.41, 5.74) is 10.4. The van der Waals surface area contributed by atoms with Gasteiger partial charge in [0, 0.05) is 6.54 Å². The fraction of sp³-hybridized carbons (Fsp3) is 0.480. The van der Waals surface area contributed by atoms with Crippen molar-refractivity contribution in [3.8, 4) is 5.75 Å². The van der Waals surface area contributed by atoms with Crippen LogP contribution in [0.4, 0.5) is 5.95 Å². The number of likely N-dealkylation sites (N-methyl/N-ethyl adjacent to an activating group) is 1. The van der Waals surface area contributed by atoms with E-state index in [0.29, 0.717) is 13.2 Å². The summed E-state index contributed by atoms with van der Waals surface area (Å²) in [5, 5.41) is 0. The van der Waals surface area contributed by atoms with Crippen molar-refractivity contribution >= 4 is 17.0 Å². The molecule has 0 fully saturated rings. The first-order valence-corrected chi connectivity index (χ1v) is 11.1. The number of nitrogens with zero attached hydrogens (tertiary/aromatic N) is 3. The van der Waals surface area contributed by atoms with Crippen molar-refractivity contribution in [2.75, 3.05) is 32.0 Å². The van der Waals surface area contributed by atoms with Gasteiger partial charge in [-0.05, 0) is 48.3 Å². The topological polar surface area (TPSA) is 47.3 Å². The molecule has 0 amide bonds. The standard InChI is InChI=1S/C25H36N4O.BrH/c1-6-27(7-2)16-17-28-22-10-8-9-11-23(22)29(24(28)26)18-19-30-21-14-12-20(13-15-21)25(3,4)5;/h8-15,26H,6-7,16-19H2,1-5H3;1H. The number of benzene rings is 2. The molecule has 2 aromatic carbocycles. The third-order valence-electron chi connectivity index (χ3n) is 5.85. The molecular formula is C25H37BrN4O. The molecular weight excluding hydrogens is 452 g/mol. The molecule has 3 rings (SSSR count). The van der Waals surface area contributed by atoms with Gasteiger partial charge in [0.15, 0.2) is 0 Å². The summed E-state index contributed by atoms with van der Waals surface area (Å²) in [6.07, 6.45) is 0. The normalized spacial score (nSPS) is 11.7. The summed E-state index contributed by atoms with van der Waals surface area (Å²) < 4.78 is 10.4. The van der Waals surface area contributed by atoms with Crippen LogP contribution < -0.4 is 32.0 Å². The first-order chi connectivity index (χ1) is 14.3. The molecule has 0 aliphatic carbocycles. The Labute approximate surface area is 197 Å². The number of rotatable bonds is 9. The number of fused-ring (bicyclic) bond motifs is 1. The minimum atomic E-state index is 0. The number of aromatic nitrogens is 2. The summed E-state index contributed by atoms with van der Waals surface area (Å²) >= 11 is 0.